The lowest BCUT2D eigenvalue weighted by molar-refractivity contribution is -0.145. The zero-order valence-electron chi connectivity index (χ0n) is 12.3. The zero-order chi connectivity index (χ0) is 14.7. The maximum Gasteiger partial charge on any atom is 0.245 e. The topological polar surface area (TPSA) is 49.4 Å². The van der Waals surface area contributed by atoms with Crippen LogP contribution < -0.4 is 5.32 Å². The van der Waals surface area contributed by atoms with Gasteiger partial charge in [-0.15, -0.1) is 0 Å². The summed E-state index contributed by atoms with van der Waals surface area (Å²) in [5, 5.41) is 2.79. The van der Waals surface area contributed by atoms with Gasteiger partial charge in [-0.3, -0.25) is 9.59 Å². The summed E-state index contributed by atoms with van der Waals surface area (Å²) >= 11 is 0. The third-order valence-electron chi connectivity index (χ3n) is 3.48. The number of amides is 2. The fraction of sp³-hybridized carbons (Fsp3) is 0.500. The molecule has 1 fully saturated rings. The van der Waals surface area contributed by atoms with Crippen LogP contribution in [0.3, 0.4) is 0 Å². The highest BCUT2D eigenvalue weighted by Crippen LogP contribution is 2.14. The lowest BCUT2D eigenvalue weighted by atomic mass is 10.0. The molecule has 108 valence electrons. The van der Waals surface area contributed by atoms with Crippen molar-refractivity contribution in [1.29, 1.82) is 0 Å². The van der Waals surface area contributed by atoms with Gasteiger partial charge in [-0.25, -0.2) is 0 Å². The Morgan fingerprint density at radius 1 is 1.25 bits per heavy atom. The van der Waals surface area contributed by atoms with Crippen LogP contribution in [0, 0.1) is 12.8 Å². The minimum absolute atomic E-state index is 0.0267. The van der Waals surface area contributed by atoms with Crippen molar-refractivity contribution in [3.05, 3.63) is 35.4 Å². The number of rotatable bonds is 4. The average molecular weight is 274 g/mol. The second-order valence-electron chi connectivity index (χ2n) is 5.93. The molecule has 4 heteroatoms. The Morgan fingerprint density at radius 2 is 1.90 bits per heavy atom. The quantitative estimate of drug-likeness (QED) is 0.911. The van der Waals surface area contributed by atoms with Crippen molar-refractivity contribution in [2.75, 3.05) is 6.54 Å². The molecule has 1 saturated heterocycles. The van der Waals surface area contributed by atoms with Crippen molar-refractivity contribution in [1.82, 2.24) is 10.2 Å². The summed E-state index contributed by atoms with van der Waals surface area (Å²) in [6.07, 6.45) is 0.689. The molecule has 1 heterocycles. The van der Waals surface area contributed by atoms with Gasteiger partial charge in [0.15, 0.2) is 0 Å². The predicted octanol–water partition coefficient (Wildman–Crippen LogP) is 1.87. The normalized spacial score (nSPS) is 19.4. The van der Waals surface area contributed by atoms with Crippen LogP contribution in [-0.2, 0) is 16.1 Å². The van der Waals surface area contributed by atoms with Gasteiger partial charge in [-0.1, -0.05) is 43.7 Å². The Bertz CT molecular complexity index is 494. The highest BCUT2D eigenvalue weighted by molar-refractivity contribution is 5.94. The lowest BCUT2D eigenvalue weighted by Crippen LogP contribution is -2.57. The zero-order valence-corrected chi connectivity index (χ0v) is 12.3. The van der Waals surface area contributed by atoms with Crippen LogP contribution >= 0.6 is 0 Å². The second-order valence-corrected chi connectivity index (χ2v) is 5.93. The maximum absolute atomic E-state index is 12.4. The first-order chi connectivity index (χ1) is 9.45. The van der Waals surface area contributed by atoms with Crippen molar-refractivity contribution < 1.29 is 9.59 Å². The van der Waals surface area contributed by atoms with Crippen molar-refractivity contribution in [2.24, 2.45) is 5.92 Å². The molecule has 1 aliphatic heterocycles. The van der Waals surface area contributed by atoms with Crippen LogP contribution in [0.15, 0.2) is 24.3 Å². The Balaban J connectivity index is 2.07. The van der Waals surface area contributed by atoms with Crippen molar-refractivity contribution in [3.8, 4) is 0 Å². The molecule has 0 saturated carbocycles. The fourth-order valence-electron chi connectivity index (χ4n) is 2.45. The minimum Gasteiger partial charge on any atom is -0.343 e. The van der Waals surface area contributed by atoms with E-state index in [2.05, 4.69) is 19.2 Å². The third kappa shape index (κ3) is 3.59. The molecule has 4 nitrogen and oxygen atoms in total. The number of carbonyl (C=O) groups excluding carboxylic acids is 2. The number of benzene rings is 1. The van der Waals surface area contributed by atoms with Gasteiger partial charge in [0.1, 0.15) is 6.04 Å². The molecular weight excluding hydrogens is 252 g/mol. The highest BCUT2D eigenvalue weighted by Gasteiger charge is 2.32. The molecule has 0 aliphatic carbocycles. The summed E-state index contributed by atoms with van der Waals surface area (Å²) < 4.78 is 0. The fourth-order valence-corrected chi connectivity index (χ4v) is 2.45. The first-order valence-corrected chi connectivity index (χ1v) is 7.09. The second kappa shape index (κ2) is 6.07. The van der Waals surface area contributed by atoms with E-state index in [4.69, 9.17) is 0 Å². The number of carbonyl (C=O) groups is 2. The molecule has 2 rings (SSSR count). The Hall–Kier alpha value is -1.84. The Labute approximate surface area is 120 Å². The van der Waals surface area contributed by atoms with Crippen molar-refractivity contribution in [3.63, 3.8) is 0 Å². The average Bonchev–Trinajstić information content (AvgIpc) is 2.37. The van der Waals surface area contributed by atoms with E-state index in [1.54, 1.807) is 4.90 Å². The van der Waals surface area contributed by atoms with Gasteiger partial charge in [0, 0.05) is 6.54 Å². The van der Waals surface area contributed by atoms with Crippen LogP contribution in [0.25, 0.3) is 0 Å². The summed E-state index contributed by atoms with van der Waals surface area (Å²) in [5.41, 5.74) is 2.25. The number of piperazine rings is 1. The highest BCUT2D eigenvalue weighted by atomic mass is 16.2. The monoisotopic (exact) mass is 274 g/mol. The van der Waals surface area contributed by atoms with Gasteiger partial charge < -0.3 is 10.2 Å². The number of hydrogen-bond donors (Lipinski definition) is 1. The molecule has 0 aromatic heterocycles. The first kappa shape index (κ1) is 14.6. The summed E-state index contributed by atoms with van der Waals surface area (Å²) in [4.78, 5) is 25.8. The van der Waals surface area contributed by atoms with Gasteiger partial charge in [0.05, 0.1) is 6.54 Å². The van der Waals surface area contributed by atoms with Crippen LogP contribution in [-0.4, -0.2) is 29.3 Å². The summed E-state index contributed by atoms with van der Waals surface area (Å²) in [7, 11) is 0. The molecule has 1 atom stereocenters. The minimum atomic E-state index is -0.373. The van der Waals surface area contributed by atoms with E-state index in [1.807, 2.05) is 31.2 Å². The van der Waals surface area contributed by atoms with Gasteiger partial charge in [-0.2, -0.15) is 0 Å². The van der Waals surface area contributed by atoms with Crippen LogP contribution in [0.5, 0.6) is 0 Å². The number of aryl methyl sites for hydroxylation is 1. The van der Waals surface area contributed by atoms with Crippen LogP contribution in [0.2, 0.25) is 0 Å². The van der Waals surface area contributed by atoms with Gasteiger partial charge in [-0.05, 0) is 24.8 Å². The molecular formula is C16H22N2O2. The third-order valence-corrected chi connectivity index (χ3v) is 3.48. The lowest BCUT2D eigenvalue weighted by Gasteiger charge is -2.33. The van der Waals surface area contributed by atoms with E-state index in [0.29, 0.717) is 18.9 Å². The van der Waals surface area contributed by atoms with E-state index in [1.165, 1.54) is 5.56 Å². The van der Waals surface area contributed by atoms with Crippen molar-refractivity contribution in [2.45, 2.75) is 39.8 Å². The largest absolute Gasteiger partial charge is 0.343 e. The van der Waals surface area contributed by atoms with Crippen LogP contribution in [0.4, 0.5) is 0 Å². The molecule has 0 spiro atoms. The van der Waals surface area contributed by atoms with E-state index < -0.39 is 0 Å². The van der Waals surface area contributed by atoms with Gasteiger partial charge in [0.2, 0.25) is 11.8 Å². The molecule has 20 heavy (non-hydrogen) atoms. The van der Waals surface area contributed by atoms with E-state index in [0.717, 1.165) is 5.56 Å². The molecule has 2 amide bonds. The Kier molecular flexibility index (Phi) is 4.42. The van der Waals surface area contributed by atoms with E-state index in [9.17, 15) is 9.59 Å². The molecule has 1 unspecified atom stereocenters. The van der Waals surface area contributed by atoms with Gasteiger partial charge in [0.25, 0.3) is 0 Å². The van der Waals surface area contributed by atoms with E-state index >= 15 is 0 Å². The number of nitrogens with one attached hydrogen (secondary N) is 1. The smallest absolute Gasteiger partial charge is 0.245 e. The SMILES string of the molecule is Cc1ccc(CN2CC(=O)NC(CC(C)C)C2=O)cc1. The standard InChI is InChI=1S/C16H22N2O2/c1-11(2)8-14-16(20)18(10-15(19)17-14)9-13-6-4-12(3)5-7-13/h4-7,11,14H,8-10H2,1-3H3,(H,17,19). The molecule has 1 aliphatic rings. The molecule has 1 aromatic rings. The number of nitrogens with zero attached hydrogens (tertiary/aromatic N) is 1. The van der Waals surface area contributed by atoms with Gasteiger partial charge >= 0.3 is 0 Å². The molecule has 1 aromatic carbocycles. The predicted molar refractivity (Wildman–Crippen MR) is 78.0 cm³/mol. The summed E-state index contributed by atoms with van der Waals surface area (Å²) in [5.74, 6) is 0.338. The van der Waals surface area contributed by atoms with Crippen molar-refractivity contribution >= 4 is 11.8 Å². The first-order valence-electron chi connectivity index (χ1n) is 7.09. The molecule has 1 N–H and O–H groups in total. The maximum atomic E-state index is 12.4. The Morgan fingerprint density at radius 3 is 2.50 bits per heavy atom. The molecule has 0 radical (unpaired) electrons. The summed E-state index contributed by atoms with van der Waals surface area (Å²) in [6, 6.07) is 7.69. The summed E-state index contributed by atoms with van der Waals surface area (Å²) in [6.45, 7) is 6.79. The molecule has 0 bridgehead atoms. The number of hydrogen-bond acceptors (Lipinski definition) is 2. The van der Waals surface area contributed by atoms with Crippen LogP contribution in [0.1, 0.15) is 31.4 Å². The van der Waals surface area contributed by atoms with E-state index in [-0.39, 0.29) is 24.4 Å².